The third-order valence-corrected chi connectivity index (χ3v) is 6.86. The number of anilines is 1. The van der Waals surface area contributed by atoms with Crippen molar-refractivity contribution in [2.75, 3.05) is 26.0 Å². The Morgan fingerprint density at radius 1 is 1.05 bits per heavy atom. The lowest BCUT2D eigenvalue weighted by atomic mass is 9.81. The molecule has 14 heteroatoms. The Bertz CT molecular complexity index is 1290. The highest BCUT2D eigenvalue weighted by Gasteiger charge is 2.66. The molecule has 220 valence electrons. The molecule has 2 heterocycles. The van der Waals surface area contributed by atoms with Crippen molar-refractivity contribution in [1.29, 1.82) is 0 Å². The number of alkyl halides is 3. The Morgan fingerprint density at radius 2 is 1.59 bits per heavy atom. The molecule has 2 fully saturated rings. The second kappa shape index (κ2) is 12.4. The van der Waals surface area contributed by atoms with Crippen molar-refractivity contribution >= 4 is 35.5 Å². The number of urea groups is 1. The van der Waals surface area contributed by atoms with Crippen molar-refractivity contribution in [2.24, 2.45) is 11.8 Å². The minimum absolute atomic E-state index is 0.116. The fraction of sp³-hybridized carbons (Fsp3) is 0.370. The number of carboxylic acids is 1. The molecule has 2 aromatic rings. The number of imide groups is 1. The van der Waals surface area contributed by atoms with Crippen molar-refractivity contribution in [3.63, 3.8) is 0 Å². The number of ether oxygens (including phenoxy) is 1. The summed E-state index contributed by atoms with van der Waals surface area (Å²) in [5, 5.41) is 13.1. The van der Waals surface area contributed by atoms with E-state index in [-0.39, 0.29) is 25.0 Å². The van der Waals surface area contributed by atoms with E-state index < -0.39 is 47.4 Å². The molecule has 4 rings (SSSR count). The van der Waals surface area contributed by atoms with Crippen LogP contribution in [0.2, 0.25) is 0 Å². The molecule has 2 aliphatic heterocycles. The zero-order valence-electron chi connectivity index (χ0n) is 22.3. The van der Waals surface area contributed by atoms with E-state index in [9.17, 15) is 32.3 Å². The molecule has 4 atom stereocenters. The summed E-state index contributed by atoms with van der Waals surface area (Å²) in [4.78, 5) is 63.9. The first-order valence-corrected chi connectivity index (χ1v) is 12.3. The van der Waals surface area contributed by atoms with Gasteiger partial charge in [0.05, 0.1) is 25.5 Å². The number of fused-ring (bicyclic) bond motifs is 1. The van der Waals surface area contributed by atoms with Gasteiger partial charge in [-0.1, -0.05) is 48.5 Å². The molecule has 2 aliphatic rings. The van der Waals surface area contributed by atoms with Crippen molar-refractivity contribution in [2.45, 2.75) is 31.2 Å². The second-order valence-corrected chi connectivity index (χ2v) is 9.68. The standard InChI is InChI=1S/C25H28N4O5.C2HF3O2/c1-25(23(32)34-3)20-19(21(30)29(22(20)31)14-16-10-6-4-7-11-16)18(27-25)15-28(2)24(33)26-17-12-8-5-9-13-17;3-2(4,5)1(6)7/h4-13,18-20,27H,14-15H2,1-3H3,(H,26,33);(H,6,7)/t18-,19+,20-,25-;/m1./s1. The summed E-state index contributed by atoms with van der Waals surface area (Å²) in [7, 11) is 2.85. The Kier molecular flexibility index (Phi) is 9.38. The van der Waals surface area contributed by atoms with Crippen LogP contribution in [-0.4, -0.2) is 83.1 Å². The maximum absolute atomic E-state index is 13.4. The van der Waals surface area contributed by atoms with Gasteiger partial charge < -0.3 is 20.1 Å². The van der Waals surface area contributed by atoms with Crippen LogP contribution in [0.25, 0.3) is 0 Å². The molecular weight excluding hydrogens is 549 g/mol. The van der Waals surface area contributed by atoms with Gasteiger partial charge in [-0.3, -0.25) is 24.6 Å². The predicted octanol–water partition coefficient (Wildman–Crippen LogP) is 2.49. The smallest absolute Gasteiger partial charge is 0.475 e. The third-order valence-electron chi connectivity index (χ3n) is 6.86. The maximum Gasteiger partial charge on any atom is 0.490 e. The number of likely N-dealkylation sites (tertiary alicyclic amines) is 1. The van der Waals surface area contributed by atoms with Gasteiger partial charge in [0.25, 0.3) is 0 Å². The average Bonchev–Trinajstić information content (AvgIpc) is 3.37. The number of carboxylic acid groups (broad SMARTS) is 1. The van der Waals surface area contributed by atoms with E-state index >= 15 is 0 Å². The number of rotatable bonds is 6. The van der Waals surface area contributed by atoms with Crippen molar-refractivity contribution < 1.29 is 47.0 Å². The monoisotopic (exact) mass is 578 g/mol. The van der Waals surface area contributed by atoms with Crippen LogP contribution >= 0.6 is 0 Å². The highest BCUT2D eigenvalue weighted by molar-refractivity contribution is 6.09. The first kappa shape index (κ1) is 31.1. The summed E-state index contributed by atoms with van der Waals surface area (Å²) in [6.07, 6.45) is -5.08. The fourth-order valence-electron chi connectivity index (χ4n) is 4.93. The molecule has 0 spiro atoms. The molecule has 0 aliphatic carbocycles. The average molecular weight is 579 g/mol. The van der Waals surface area contributed by atoms with E-state index in [0.29, 0.717) is 5.69 Å². The van der Waals surface area contributed by atoms with Crippen LogP contribution < -0.4 is 10.6 Å². The number of benzene rings is 2. The van der Waals surface area contributed by atoms with Crippen LogP contribution in [0.4, 0.5) is 23.7 Å². The number of likely N-dealkylation sites (N-methyl/N-ethyl adjacent to an activating group) is 1. The van der Waals surface area contributed by atoms with Crippen LogP contribution in [0.3, 0.4) is 0 Å². The number of nitrogens with one attached hydrogen (secondary N) is 2. The molecule has 2 aromatic carbocycles. The van der Waals surface area contributed by atoms with Gasteiger partial charge in [0.15, 0.2) is 0 Å². The van der Waals surface area contributed by atoms with Crippen LogP contribution in [0, 0.1) is 11.8 Å². The van der Waals surface area contributed by atoms with E-state index in [1.54, 1.807) is 26.1 Å². The number of halogens is 3. The maximum atomic E-state index is 13.4. The van der Waals surface area contributed by atoms with Crippen LogP contribution in [0.5, 0.6) is 0 Å². The normalized spacial score (nSPS) is 23.3. The summed E-state index contributed by atoms with van der Waals surface area (Å²) >= 11 is 0. The molecule has 3 N–H and O–H groups in total. The lowest BCUT2D eigenvalue weighted by Gasteiger charge is -2.30. The van der Waals surface area contributed by atoms with E-state index in [1.165, 1.54) is 16.9 Å². The first-order valence-electron chi connectivity index (χ1n) is 12.3. The number of hydrogen-bond donors (Lipinski definition) is 3. The molecular formula is C27H29F3N4O7. The molecule has 2 saturated heterocycles. The molecule has 41 heavy (non-hydrogen) atoms. The van der Waals surface area contributed by atoms with Gasteiger partial charge in [0.2, 0.25) is 11.8 Å². The van der Waals surface area contributed by atoms with E-state index in [4.69, 9.17) is 14.6 Å². The highest BCUT2D eigenvalue weighted by Crippen LogP contribution is 2.44. The number of esters is 1. The van der Waals surface area contributed by atoms with Crippen LogP contribution in [-0.2, 0) is 30.5 Å². The number of para-hydroxylation sites is 1. The zero-order chi connectivity index (χ0) is 30.5. The molecule has 0 radical (unpaired) electrons. The number of aliphatic carboxylic acids is 1. The number of amides is 4. The van der Waals surface area contributed by atoms with E-state index in [0.717, 1.165) is 5.56 Å². The quantitative estimate of drug-likeness (QED) is 0.350. The Morgan fingerprint density at radius 3 is 2.10 bits per heavy atom. The summed E-state index contributed by atoms with van der Waals surface area (Å²) < 4.78 is 36.7. The van der Waals surface area contributed by atoms with Gasteiger partial charge in [0.1, 0.15) is 5.54 Å². The van der Waals surface area contributed by atoms with Gasteiger partial charge in [0, 0.05) is 25.3 Å². The summed E-state index contributed by atoms with van der Waals surface area (Å²) in [6.45, 7) is 1.82. The second-order valence-electron chi connectivity index (χ2n) is 9.68. The Hall–Kier alpha value is -4.46. The van der Waals surface area contributed by atoms with Crippen molar-refractivity contribution in [3.05, 3.63) is 66.2 Å². The molecule has 4 amide bonds. The number of nitrogens with zero attached hydrogens (tertiary/aromatic N) is 2. The van der Waals surface area contributed by atoms with Gasteiger partial charge in [-0.05, 0) is 24.6 Å². The number of carbonyl (C=O) groups is 5. The molecule has 0 saturated carbocycles. The molecule has 0 aromatic heterocycles. The van der Waals surface area contributed by atoms with Crippen LogP contribution in [0.15, 0.2) is 60.7 Å². The van der Waals surface area contributed by atoms with Gasteiger partial charge in [-0.15, -0.1) is 0 Å². The molecule has 11 nitrogen and oxygen atoms in total. The largest absolute Gasteiger partial charge is 0.490 e. The van der Waals surface area contributed by atoms with Crippen molar-refractivity contribution in [3.8, 4) is 0 Å². The molecule has 0 bridgehead atoms. The molecule has 0 unspecified atom stereocenters. The minimum Gasteiger partial charge on any atom is -0.475 e. The number of methoxy groups -OCH3 is 1. The van der Waals surface area contributed by atoms with Gasteiger partial charge in [-0.25, -0.2) is 9.59 Å². The Labute approximate surface area is 233 Å². The predicted molar refractivity (Wildman–Crippen MR) is 138 cm³/mol. The van der Waals surface area contributed by atoms with E-state index in [1.807, 2.05) is 48.5 Å². The summed E-state index contributed by atoms with van der Waals surface area (Å²) in [5.41, 5.74) is 0.0592. The summed E-state index contributed by atoms with van der Waals surface area (Å²) in [5.74, 6) is -5.88. The number of carbonyl (C=O) groups excluding carboxylic acids is 4. The van der Waals surface area contributed by atoms with Crippen molar-refractivity contribution in [1.82, 2.24) is 15.1 Å². The van der Waals surface area contributed by atoms with Gasteiger partial charge >= 0.3 is 24.1 Å². The Balaban J connectivity index is 0.000000587. The lowest BCUT2D eigenvalue weighted by Crippen LogP contribution is -2.56. The first-order chi connectivity index (χ1) is 19.2. The van der Waals surface area contributed by atoms with E-state index in [2.05, 4.69) is 10.6 Å². The number of hydrogen-bond acceptors (Lipinski definition) is 7. The zero-order valence-corrected chi connectivity index (χ0v) is 22.3. The topological polar surface area (TPSA) is 145 Å². The third kappa shape index (κ3) is 6.82. The lowest BCUT2D eigenvalue weighted by molar-refractivity contribution is -0.192. The van der Waals surface area contributed by atoms with Crippen LogP contribution in [0.1, 0.15) is 12.5 Å². The minimum atomic E-state index is -5.08. The summed E-state index contributed by atoms with van der Waals surface area (Å²) in [6, 6.07) is 17.2. The fourth-order valence-corrected chi connectivity index (χ4v) is 4.93. The highest BCUT2D eigenvalue weighted by atomic mass is 19.4. The van der Waals surface area contributed by atoms with Gasteiger partial charge in [-0.2, -0.15) is 13.2 Å². The SMILES string of the molecule is COC(=O)[C@]1(C)N[C@H](CN(C)C(=O)Nc2ccccc2)[C@@H]2C(=O)N(Cc3ccccc3)C(=O)[C@@H]21.O=C(O)C(F)(F)F.